The summed E-state index contributed by atoms with van der Waals surface area (Å²) in [6, 6.07) is 11.6. The number of carbonyl (C=O) groups is 1. The van der Waals surface area contributed by atoms with Gasteiger partial charge < -0.3 is 19.1 Å². The number of nitrogens with zero attached hydrogens (tertiary/aromatic N) is 2. The predicted octanol–water partition coefficient (Wildman–Crippen LogP) is 6.45. The van der Waals surface area contributed by atoms with E-state index in [0.29, 0.717) is 16.5 Å². The molecule has 6 rings (SSSR count). The zero-order valence-corrected chi connectivity index (χ0v) is 20.5. The molecule has 2 aromatic carbocycles. The molecule has 0 atom stereocenters. The first-order valence-corrected chi connectivity index (χ1v) is 11.8. The summed E-state index contributed by atoms with van der Waals surface area (Å²) in [5.41, 5.74) is 3.42. The molecule has 6 aromatic rings. The lowest BCUT2D eigenvalue weighted by molar-refractivity contribution is 0.0687. The van der Waals surface area contributed by atoms with E-state index in [-0.39, 0.29) is 45.0 Å². The van der Waals surface area contributed by atoms with Crippen molar-refractivity contribution in [2.45, 2.75) is 20.4 Å². The van der Waals surface area contributed by atoms with Crippen molar-refractivity contribution in [3.8, 4) is 11.1 Å². The number of hydrogen-bond donors (Lipinski definition) is 2. The Morgan fingerprint density at radius 3 is 2.73 bits per heavy atom. The first-order valence-electron chi connectivity index (χ1n) is 11.4. The SMILES string of the molecule is Cc1cc2cc(Cn3c(C(=O)O)c(-c4ccc[nH]c4=O)c4c5occc5c(F)cc43)c(Cl)nc2cc1C. The van der Waals surface area contributed by atoms with Crippen molar-refractivity contribution in [2.24, 2.45) is 0 Å². The van der Waals surface area contributed by atoms with Gasteiger partial charge in [-0.05, 0) is 67.4 Å². The Morgan fingerprint density at radius 1 is 1.19 bits per heavy atom. The molecule has 0 amide bonds. The van der Waals surface area contributed by atoms with Crippen LogP contribution >= 0.6 is 11.6 Å². The highest BCUT2D eigenvalue weighted by atomic mass is 35.5. The van der Waals surface area contributed by atoms with E-state index in [1.54, 1.807) is 6.07 Å². The molecule has 0 aliphatic heterocycles. The number of carboxylic acid groups (broad SMARTS) is 1. The quantitative estimate of drug-likeness (QED) is 0.263. The molecule has 0 saturated heterocycles. The minimum atomic E-state index is -1.29. The van der Waals surface area contributed by atoms with Gasteiger partial charge in [-0.2, -0.15) is 0 Å². The normalized spacial score (nSPS) is 11.7. The molecule has 4 heterocycles. The average molecular weight is 516 g/mol. The van der Waals surface area contributed by atoms with Crippen molar-refractivity contribution in [3.05, 3.63) is 98.6 Å². The van der Waals surface area contributed by atoms with Crippen LogP contribution in [0.2, 0.25) is 5.15 Å². The van der Waals surface area contributed by atoms with Crippen LogP contribution in [-0.2, 0) is 6.54 Å². The topological polar surface area (TPSA) is 101 Å². The fourth-order valence-corrected chi connectivity index (χ4v) is 5.12. The number of rotatable bonds is 4. The second-order valence-electron chi connectivity index (χ2n) is 9.01. The van der Waals surface area contributed by atoms with E-state index in [4.69, 9.17) is 16.0 Å². The number of fused-ring (bicyclic) bond motifs is 4. The van der Waals surface area contributed by atoms with Gasteiger partial charge in [-0.3, -0.25) is 4.79 Å². The molecule has 0 aliphatic rings. The van der Waals surface area contributed by atoms with Crippen molar-refractivity contribution in [1.29, 1.82) is 0 Å². The van der Waals surface area contributed by atoms with E-state index in [1.807, 2.05) is 32.0 Å². The summed E-state index contributed by atoms with van der Waals surface area (Å²) < 4.78 is 22.2. The van der Waals surface area contributed by atoms with E-state index in [1.165, 1.54) is 35.2 Å². The van der Waals surface area contributed by atoms with E-state index in [2.05, 4.69) is 9.97 Å². The summed E-state index contributed by atoms with van der Waals surface area (Å²) in [5, 5.41) is 11.9. The maximum Gasteiger partial charge on any atom is 0.353 e. The third kappa shape index (κ3) is 3.52. The van der Waals surface area contributed by atoms with E-state index >= 15 is 4.39 Å². The predicted molar refractivity (Wildman–Crippen MR) is 140 cm³/mol. The molecule has 4 aromatic heterocycles. The highest BCUT2D eigenvalue weighted by Gasteiger charge is 2.29. The fraction of sp³-hybridized carbons (Fsp3) is 0.107. The van der Waals surface area contributed by atoms with Crippen LogP contribution < -0.4 is 5.56 Å². The van der Waals surface area contributed by atoms with Gasteiger partial charge in [-0.25, -0.2) is 14.2 Å². The van der Waals surface area contributed by atoms with Gasteiger partial charge in [0.15, 0.2) is 0 Å². The van der Waals surface area contributed by atoms with Gasteiger partial charge in [0, 0.05) is 22.7 Å². The Kier molecular flexibility index (Phi) is 5.17. The molecule has 7 nitrogen and oxygen atoms in total. The standard InChI is InChI=1S/C28H19ClFN3O4/c1-13-8-15-10-16(26(29)32-20(15)9-14(13)2)12-33-21-11-19(30)17-5-7-37-25(17)23(21)22(24(33)28(35)36)18-4-3-6-31-27(18)34/h3-11H,12H2,1-2H3,(H,31,34)(H,35,36). The van der Waals surface area contributed by atoms with Crippen LogP contribution in [0, 0.1) is 19.7 Å². The van der Waals surface area contributed by atoms with Crippen molar-refractivity contribution in [2.75, 3.05) is 0 Å². The molecule has 9 heteroatoms. The number of aromatic amines is 1. The molecule has 2 N–H and O–H groups in total. The monoisotopic (exact) mass is 515 g/mol. The van der Waals surface area contributed by atoms with Gasteiger partial charge in [0.25, 0.3) is 5.56 Å². The summed E-state index contributed by atoms with van der Waals surface area (Å²) in [7, 11) is 0. The molecule has 0 spiro atoms. The molecular weight excluding hydrogens is 497 g/mol. The van der Waals surface area contributed by atoms with E-state index in [9.17, 15) is 14.7 Å². The fourth-order valence-electron chi connectivity index (χ4n) is 4.91. The number of aromatic nitrogens is 3. The van der Waals surface area contributed by atoms with Crippen molar-refractivity contribution in [3.63, 3.8) is 0 Å². The van der Waals surface area contributed by atoms with Gasteiger partial charge in [0.05, 0.1) is 40.2 Å². The summed E-state index contributed by atoms with van der Waals surface area (Å²) in [5.74, 6) is -1.86. The molecule has 0 fully saturated rings. The van der Waals surface area contributed by atoms with E-state index in [0.717, 1.165) is 16.5 Å². The van der Waals surface area contributed by atoms with Crippen LogP contribution in [0.1, 0.15) is 27.2 Å². The Balaban J connectivity index is 1.71. The van der Waals surface area contributed by atoms with Gasteiger partial charge in [-0.15, -0.1) is 0 Å². The van der Waals surface area contributed by atoms with Crippen LogP contribution in [0.3, 0.4) is 0 Å². The maximum absolute atomic E-state index is 15.1. The highest BCUT2D eigenvalue weighted by Crippen LogP contribution is 2.40. The zero-order chi connectivity index (χ0) is 26.0. The van der Waals surface area contributed by atoms with Crippen molar-refractivity contribution >= 4 is 50.3 Å². The van der Waals surface area contributed by atoms with Gasteiger partial charge in [-0.1, -0.05) is 11.6 Å². The number of aryl methyl sites for hydroxylation is 2. The number of furan rings is 1. The van der Waals surface area contributed by atoms with Crippen LogP contribution in [0.5, 0.6) is 0 Å². The summed E-state index contributed by atoms with van der Waals surface area (Å²) >= 11 is 6.57. The molecule has 0 bridgehead atoms. The molecular formula is C28H19ClFN3O4. The minimum absolute atomic E-state index is 0.0246. The third-order valence-electron chi connectivity index (χ3n) is 6.79. The molecule has 0 aliphatic carbocycles. The first kappa shape index (κ1) is 23.0. The molecule has 0 saturated carbocycles. The summed E-state index contributed by atoms with van der Waals surface area (Å²) in [6.07, 6.45) is 2.79. The average Bonchev–Trinajstić information content (AvgIpc) is 3.45. The molecule has 37 heavy (non-hydrogen) atoms. The van der Waals surface area contributed by atoms with Gasteiger partial charge in [0.1, 0.15) is 22.2 Å². The Bertz CT molecular complexity index is 1970. The number of carboxylic acids is 1. The minimum Gasteiger partial charge on any atom is -0.477 e. The lowest BCUT2D eigenvalue weighted by Gasteiger charge is -2.12. The van der Waals surface area contributed by atoms with E-state index < -0.39 is 17.3 Å². The Hall–Kier alpha value is -4.43. The maximum atomic E-state index is 15.1. The van der Waals surface area contributed by atoms with Crippen molar-refractivity contribution < 1.29 is 18.7 Å². The second kappa shape index (κ2) is 8.31. The van der Waals surface area contributed by atoms with Gasteiger partial charge >= 0.3 is 5.97 Å². The van der Waals surface area contributed by atoms with Crippen LogP contribution in [0.15, 0.2) is 64.1 Å². The largest absolute Gasteiger partial charge is 0.477 e. The van der Waals surface area contributed by atoms with Crippen LogP contribution in [-0.4, -0.2) is 25.6 Å². The van der Waals surface area contributed by atoms with Crippen LogP contribution in [0.4, 0.5) is 4.39 Å². The van der Waals surface area contributed by atoms with Gasteiger partial charge in [0.2, 0.25) is 0 Å². The Labute approximate surface area is 213 Å². The molecule has 0 radical (unpaired) electrons. The first-order chi connectivity index (χ1) is 17.7. The molecule has 184 valence electrons. The summed E-state index contributed by atoms with van der Waals surface area (Å²) in [6.45, 7) is 3.95. The second-order valence-corrected chi connectivity index (χ2v) is 9.37. The number of aromatic carboxylic acids is 1. The number of nitrogens with one attached hydrogen (secondary N) is 1. The zero-order valence-electron chi connectivity index (χ0n) is 19.7. The van der Waals surface area contributed by atoms with Crippen LogP contribution in [0.25, 0.3) is 43.9 Å². The smallest absolute Gasteiger partial charge is 0.353 e. The third-order valence-corrected chi connectivity index (χ3v) is 7.12. The lowest BCUT2D eigenvalue weighted by Crippen LogP contribution is -2.14. The number of benzene rings is 2. The summed E-state index contributed by atoms with van der Waals surface area (Å²) in [4.78, 5) is 32.6. The highest BCUT2D eigenvalue weighted by molar-refractivity contribution is 6.30. The number of H-pyrrole nitrogens is 1. The molecule has 0 unspecified atom stereocenters. The number of halogens is 2. The lowest BCUT2D eigenvalue weighted by atomic mass is 10.0. The Morgan fingerprint density at radius 2 is 1.97 bits per heavy atom. The number of pyridine rings is 2. The number of hydrogen-bond acceptors (Lipinski definition) is 4. The van der Waals surface area contributed by atoms with Crippen molar-refractivity contribution in [1.82, 2.24) is 14.5 Å².